The average molecular weight is 196 g/mol. The number of hydrogen-bond donors (Lipinski definition) is 0. The molecule has 3 nitrogen and oxygen atoms in total. The molecule has 1 heterocycles. The van der Waals surface area contributed by atoms with Gasteiger partial charge in [-0.25, -0.2) is 4.79 Å². The molecule has 0 radical (unpaired) electrons. The SMILES string of the molecule is COC1=CC(=O)OC2(CCCCC2)C1. The van der Waals surface area contributed by atoms with Gasteiger partial charge in [-0.2, -0.15) is 0 Å². The summed E-state index contributed by atoms with van der Waals surface area (Å²) in [6, 6.07) is 0. The van der Waals surface area contributed by atoms with Crippen LogP contribution in [0.25, 0.3) is 0 Å². The van der Waals surface area contributed by atoms with E-state index in [-0.39, 0.29) is 11.6 Å². The van der Waals surface area contributed by atoms with Crippen LogP contribution < -0.4 is 0 Å². The van der Waals surface area contributed by atoms with Gasteiger partial charge in [-0.3, -0.25) is 0 Å². The lowest BCUT2D eigenvalue weighted by Gasteiger charge is -2.38. The zero-order chi connectivity index (χ0) is 10.0. The minimum Gasteiger partial charge on any atom is -0.501 e. The molecule has 2 rings (SSSR count). The van der Waals surface area contributed by atoms with Crippen molar-refractivity contribution in [3.63, 3.8) is 0 Å². The third kappa shape index (κ3) is 1.76. The summed E-state index contributed by atoms with van der Waals surface area (Å²) in [5, 5.41) is 0. The first-order valence-corrected chi connectivity index (χ1v) is 5.22. The maximum atomic E-state index is 11.3. The summed E-state index contributed by atoms with van der Waals surface area (Å²) in [4.78, 5) is 11.3. The molecule has 14 heavy (non-hydrogen) atoms. The summed E-state index contributed by atoms with van der Waals surface area (Å²) < 4.78 is 10.6. The second-order valence-electron chi connectivity index (χ2n) is 4.16. The van der Waals surface area contributed by atoms with Crippen LogP contribution in [0.4, 0.5) is 0 Å². The first kappa shape index (κ1) is 9.56. The molecule has 1 spiro atoms. The molecule has 0 unspecified atom stereocenters. The van der Waals surface area contributed by atoms with Gasteiger partial charge in [0.25, 0.3) is 0 Å². The summed E-state index contributed by atoms with van der Waals surface area (Å²) in [6.45, 7) is 0. The predicted octanol–water partition coefficient (Wildman–Crippen LogP) is 2.17. The molecule has 0 bridgehead atoms. The van der Waals surface area contributed by atoms with Crippen LogP contribution in [0.1, 0.15) is 38.5 Å². The molecule has 1 aliphatic heterocycles. The van der Waals surface area contributed by atoms with E-state index in [9.17, 15) is 4.79 Å². The van der Waals surface area contributed by atoms with E-state index in [4.69, 9.17) is 9.47 Å². The number of esters is 1. The van der Waals surface area contributed by atoms with E-state index in [1.54, 1.807) is 7.11 Å². The molecule has 1 fully saturated rings. The van der Waals surface area contributed by atoms with Gasteiger partial charge in [-0.1, -0.05) is 6.42 Å². The third-order valence-electron chi connectivity index (χ3n) is 3.12. The molecule has 0 aromatic rings. The molecule has 0 saturated heterocycles. The standard InChI is InChI=1S/C11H16O3/c1-13-9-7-10(12)14-11(8-9)5-3-2-4-6-11/h7H,2-6,8H2,1H3. The Kier molecular flexibility index (Phi) is 2.48. The van der Waals surface area contributed by atoms with Crippen LogP contribution in [0.3, 0.4) is 0 Å². The Morgan fingerprint density at radius 3 is 2.71 bits per heavy atom. The van der Waals surface area contributed by atoms with Gasteiger partial charge >= 0.3 is 5.97 Å². The van der Waals surface area contributed by atoms with Crippen LogP contribution in [0.2, 0.25) is 0 Å². The maximum absolute atomic E-state index is 11.3. The quantitative estimate of drug-likeness (QED) is 0.603. The Balaban J connectivity index is 2.14. The van der Waals surface area contributed by atoms with Crippen LogP contribution in [0.5, 0.6) is 0 Å². The first-order chi connectivity index (χ1) is 6.74. The van der Waals surface area contributed by atoms with Gasteiger partial charge in [-0.15, -0.1) is 0 Å². The van der Waals surface area contributed by atoms with E-state index < -0.39 is 0 Å². The van der Waals surface area contributed by atoms with Crippen LogP contribution in [0.15, 0.2) is 11.8 Å². The Bertz CT molecular complexity index is 262. The highest BCUT2D eigenvalue weighted by Crippen LogP contribution is 2.39. The molecule has 1 aliphatic carbocycles. The van der Waals surface area contributed by atoms with Crippen molar-refractivity contribution in [3.8, 4) is 0 Å². The van der Waals surface area contributed by atoms with Crippen molar-refractivity contribution in [1.29, 1.82) is 0 Å². The van der Waals surface area contributed by atoms with Gasteiger partial charge < -0.3 is 9.47 Å². The van der Waals surface area contributed by atoms with E-state index >= 15 is 0 Å². The van der Waals surface area contributed by atoms with Gasteiger partial charge in [0, 0.05) is 6.42 Å². The van der Waals surface area contributed by atoms with Gasteiger partial charge in [0.05, 0.1) is 13.2 Å². The van der Waals surface area contributed by atoms with E-state index in [1.165, 1.54) is 12.5 Å². The summed E-state index contributed by atoms with van der Waals surface area (Å²) in [7, 11) is 1.61. The molecule has 0 amide bonds. The smallest absolute Gasteiger partial charge is 0.334 e. The Hall–Kier alpha value is -0.990. The minimum absolute atomic E-state index is 0.241. The molecule has 2 aliphatic rings. The van der Waals surface area contributed by atoms with Crippen molar-refractivity contribution in [2.75, 3.05) is 7.11 Å². The Morgan fingerprint density at radius 2 is 2.07 bits per heavy atom. The van der Waals surface area contributed by atoms with E-state index in [0.717, 1.165) is 37.9 Å². The summed E-state index contributed by atoms with van der Waals surface area (Å²) in [5.41, 5.74) is -0.241. The average Bonchev–Trinajstić information content (AvgIpc) is 2.17. The van der Waals surface area contributed by atoms with Crippen LogP contribution in [0, 0.1) is 0 Å². The van der Waals surface area contributed by atoms with Gasteiger partial charge in [0.15, 0.2) is 0 Å². The van der Waals surface area contributed by atoms with Gasteiger partial charge in [0.1, 0.15) is 11.4 Å². The van der Waals surface area contributed by atoms with E-state index in [1.807, 2.05) is 0 Å². The highest BCUT2D eigenvalue weighted by atomic mass is 16.6. The lowest BCUT2D eigenvalue weighted by atomic mass is 9.81. The highest BCUT2D eigenvalue weighted by molar-refractivity contribution is 5.83. The molecular weight excluding hydrogens is 180 g/mol. The van der Waals surface area contributed by atoms with Crippen molar-refractivity contribution in [1.82, 2.24) is 0 Å². The third-order valence-corrected chi connectivity index (χ3v) is 3.12. The maximum Gasteiger partial charge on any atom is 0.334 e. The molecule has 1 saturated carbocycles. The number of hydrogen-bond acceptors (Lipinski definition) is 3. The summed E-state index contributed by atoms with van der Waals surface area (Å²) >= 11 is 0. The molecule has 0 aromatic heterocycles. The normalized spacial score (nSPS) is 25.5. The monoisotopic (exact) mass is 196 g/mol. The fraction of sp³-hybridized carbons (Fsp3) is 0.727. The summed E-state index contributed by atoms with van der Waals surface area (Å²) in [6.07, 6.45) is 7.76. The van der Waals surface area contributed by atoms with Crippen LogP contribution >= 0.6 is 0 Å². The second-order valence-corrected chi connectivity index (χ2v) is 4.16. The van der Waals surface area contributed by atoms with E-state index in [0.29, 0.717) is 0 Å². The molecule has 3 heteroatoms. The molecule has 78 valence electrons. The zero-order valence-electron chi connectivity index (χ0n) is 8.54. The van der Waals surface area contributed by atoms with Crippen molar-refractivity contribution in [2.24, 2.45) is 0 Å². The van der Waals surface area contributed by atoms with Crippen molar-refractivity contribution < 1.29 is 14.3 Å². The van der Waals surface area contributed by atoms with Crippen LogP contribution in [-0.4, -0.2) is 18.7 Å². The fourth-order valence-electron chi connectivity index (χ4n) is 2.38. The summed E-state index contributed by atoms with van der Waals surface area (Å²) in [5.74, 6) is 0.526. The number of methoxy groups -OCH3 is 1. The fourth-order valence-corrected chi connectivity index (χ4v) is 2.38. The Morgan fingerprint density at radius 1 is 1.36 bits per heavy atom. The molecular formula is C11H16O3. The van der Waals surface area contributed by atoms with E-state index in [2.05, 4.69) is 0 Å². The van der Waals surface area contributed by atoms with Crippen molar-refractivity contribution in [3.05, 3.63) is 11.8 Å². The first-order valence-electron chi connectivity index (χ1n) is 5.22. The molecule has 0 N–H and O–H groups in total. The Labute approximate surface area is 84.1 Å². The van der Waals surface area contributed by atoms with Gasteiger partial charge in [0.2, 0.25) is 0 Å². The predicted molar refractivity (Wildman–Crippen MR) is 51.6 cm³/mol. The number of ether oxygens (including phenoxy) is 2. The number of rotatable bonds is 1. The largest absolute Gasteiger partial charge is 0.501 e. The molecule has 0 aromatic carbocycles. The van der Waals surface area contributed by atoms with Crippen molar-refractivity contribution in [2.45, 2.75) is 44.1 Å². The highest BCUT2D eigenvalue weighted by Gasteiger charge is 2.39. The minimum atomic E-state index is -0.241. The second kappa shape index (κ2) is 3.64. The van der Waals surface area contributed by atoms with Crippen molar-refractivity contribution >= 4 is 5.97 Å². The van der Waals surface area contributed by atoms with Crippen LogP contribution in [-0.2, 0) is 14.3 Å². The zero-order valence-corrected chi connectivity index (χ0v) is 8.54. The number of carbonyl (C=O) groups is 1. The van der Waals surface area contributed by atoms with Gasteiger partial charge in [-0.05, 0) is 25.7 Å². The lowest BCUT2D eigenvalue weighted by molar-refractivity contribution is -0.161. The molecule has 0 atom stereocenters. The lowest BCUT2D eigenvalue weighted by Crippen LogP contribution is -2.40. The number of carbonyl (C=O) groups excluding carboxylic acids is 1. The topological polar surface area (TPSA) is 35.5 Å².